The van der Waals surface area contributed by atoms with Crippen LogP contribution in [0.5, 0.6) is 0 Å². The van der Waals surface area contributed by atoms with Gasteiger partial charge in [-0.15, -0.1) is 0 Å². The summed E-state index contributed by atoms with van der Waals surface area (Å²) in [5, 5.41) is 0. The van der Waals surface area contributed by atoms with Crippen LogP contribution in [0.2, 0.25) is 0 Å². The van der Waals surface area contributed by atoms with Gasteiger partial charge in [0.2, 0.25) is 0 Å². The van der Waals surface area contributed by atoms with E-state index in [1.54, 1.807) is 51.4 Å². The normalized spacial score (nSPS) is 31.2. The van der Waals surface area contributed by atoms with Crippen LogP contribution in [0, 0.1) is 23.2 Å². The minimum Gasteiger partial charge on any atom is -0.0651 e. The number of hydrogen-bond donors (Lipinski definition) is 0. The molecule has 0 aliphatic heterocycles. The Kier molecular flexibility index (Phi) is 4.01. The molecule has 3 rings (SSSR count). The topological polar surface area (TPSA) is 0 Å². The average molecular weight is 248 g/mol. The standard InChI is InChI=1S/C18H32/c1-2-15-11-13-18(14-12-15,16-7-3-4-8-16)17-9-5-6-10-17/h15-17H,2-14H2,1H3. The van der Waals surface area contributed by atoms with Gasteiger partial charge in [0.15, 0.2) is 0 Å². The Hall–Kier alpha value is 0. The predicted octanol–water partition coefficient (Wildman–Crippen LogP) is 5.95. The lowest BCUT2D eigenvalue weighted by atomic mass is 9.56. The Labute approximate surface area is 114 Å². The second-order valence-corrected chi connectivity index (χ2v) is 7.55. The van der Waals surface area contributed by atoms with Crippen LogP contribution >= 0.6 is 0 Å². The van der Waals surface area contributed by atoms with E-state index in [9.17, 15) is 0 Å². The third kappa shape index (κ3) is 2.25. The Balaban J connectivity index is 1.75. The van der Waals surface area contributed by atoms with Crippen LogP contribution in [0.15, 0.2) is 0 Å². The highest BCUT2D eigenvalue weighted by atomic mass is 14.5. The molecule has 0 bridgehead atoms. The van der Waals surface area contributed by atoms with Crippen LogP contribution in [0.3, 0.4) is 0 Å². The zero-order chi connectivity index (χ0) is 12.4. The molecule has 18 heavy (non-hydrogen) atoms. The molecule has 0 heteroatoms. The molecule has 0 aromatic heterocycles. The highest BCUT2D eigenvalue weighted by molar-refractivity contribution is 4.98. The predicted molar refractivity (Wildman–Crippen MR) is 78.6 cm³/mol. The summed E-state index contributed by atoms with van der Waals surface area (Å²) in [6.45, 7) is 2.41. The van der Waals surface area contributed by atoms with Crippen molar-refractivity contribution in [2.75, 3.05) is 0 Å². The summed E-state index contributed by atoms with van der Waals surface area (Å²) in [6.07, 6.45) is 20.2. The summed E-state index contributed by atoms with van der Waals surface area (Å²) in [6, 6.07) is 0. The van der Waals surface area contributed by atoms with Gasteiger partial charge in [0, 0.05) is 0 Å². The van der Waals surface area contributed by atoms with Gasteiger partial charge in [0.1, 0.15) is 0 Å². The van der Waals surface area contributed by atoms with Crippen molar-refractivity contribution < 1.29 is 0 Å². The van der Waals surface area contributed by atoms with Gasteiger partial charge in [-0.2, -0.15) is 0 Å². The molecule has 104 valence electrons. The molecule has 0 atom stereocenters. The van der Waals surface area contributed by atoms with Crippen LogP contribution in [-0.2, 0) is 0 Å². The van der Waals surface area contributed by atoms with Crippen LogP contribution in [0.1, 0.15) is 90.4 Å². The fourth-order valence-electron chi connectivity index (χ4n) is 5.77. The molecule has 0 aromatic carbocycles. The molecular weight excluding hydrogens is 216 g/mol. The Morgan fingerprint density at radius 1 is 0.722 bits per heavy atom. The molecule has 3 aliphatic carbocycles. The van der Waals surface area contributed by atoms with Gasteiger partial charge in [-0.05, 0) is 74.5 Å². The highest BCUT2D eigenvalue weighted by Gasteiger charge is 2.47. The van der Waals surface area contributed by atoms with E-state index in [1.165, 1.54) is 32.1 Å². The lowest BCUT2D eigenvalue weighted by molar-refractivity contribution is 0.0113. The van der Waals surface area contributed by atoms with Gasteiger partial charge < -0.3 is 0 Å². The second kappa shape index (κ2) is 5.55. The molecule has 0 spiro atoms. The van der Waals surface area contributed by atoms with Gasteiger partial charge in [-0.3, -0.25) is 0 Å². The van der Waals surface area contributed by atoms with E-state index in [0.717, 1.165) is 23.2 Å². The van der Waals surface area contributed by atoms with Crippen LogP contribution in [0.4, 0.5) is 0 Å². The molecule has 0 unspecified atom stereocenters. The minimum atomic E-state index is 0.818. The summed E-state index contributed by atoms with van der Waals surface area (Å²) < 4.78 is 0. The molecule has 0 aromatic rings. The summed E-state index contributed by atoms with van der Waals surface area (Å²) in [7, 11) is 0. The van der Waals surface area contributed by atoms with Crippen molar-refractivity contribution in [2.24, 2.45) is 23.2 Å². The largest absolute Gasteiger partial charge is 0.0651 e. The fraction of sp³-hybridized carbons (Fsp3) is 1.00. The van der Waals surface area contributed by atoms with Crippen LogP contribution in [0.25, 0.3) is 0 Å². The molecular formula is C18H32. The van der Waals surface area contributed by atoms with Gasteiger partial charge >= 0.3 is 0 Å². The smallest absolute Gasteiger partial charge is 0.0241 e. The van der Waals surface area contributed by atoms with Crippen molar-refractivity contribution in [2.45, 2.75) is 90.4 Å². The average Bonchev–Trinajstić information content (AvgIpc) is 3.12. The maximum Gasteiger partial charge on any atom is -0.0241 e. The molecule has 3 saturated carbocycles. The van der Waals surface area contributed by atoms with Crippen molar-refractivity contribution in [3.63, 3.8) is 0 Å². The SMILES string of the molecule is CCC1CCC(C2CCCC2)(C2CCCC2)CC1. The summed E-state index contributed by atoms with van der Waals surface area (Å²) in [5.41, 5.74) is 0.818. The quantitative estimate of drug-likeness (QED) is 0.578. The Morgan fingerprint density at radius 2 is 1.17 bits per heavy atom. The minimum absolute atomic E-state index is 0.818. The molecule has 0 amide bonds. The van der Waals surface area contributed by atoms with E-state index in [2.05, 4.69) is 6.92 Å². The first-order valence-electron chi connectivity index (χ1n) is 8.85. The maximum atomic E-state index is 2.41. The summed E-state index contributed by atoms with van der Waals surface area (Å²) >= 11 is 0. The van der Waals surface area contributed by atoms with E-state index in [1.807, 2.05) is 0 Å². The zero-order valence-corrected chi connectivity index (χ0v) is 12.4. The molecule has 0 radical (unpaired) electrons. The molecule has 0 heterocycles. The third-order valence-electron chi connectivity index (χ3n) is 6.95. The molecule has 0 nitrogen and oxygen atoms in total. The molecule has 0 saturated heterocycles. The maximum absolute atomic E-state index is 2.41. The lowest BCUT2D eigenvalue weighted by Gasteiger charge is -2.49. The summed E-state index contributed by atoms with van der Waals surface area (Å²) in [4.78, 5) is 0. The number of rotatable bonds is 3. The first-order valence-corrected chi connectivity index (χ1v) is 8.85. The third-order valence-corrected chi connectivity index (χ3v) is 6.95. The lowest BCUT2D eigenvalue weighted by Crippen LogP contribution is -2.39. The van der Waals surface area contributed by atoms with Crippen molar-refractivity contribution in [1.29, 1.82) is 0 Å². The van der Waals surface area contributed by atoms with Gasteiger partial charge in [0.05, 0.1) is 0 Å². The first kappa shape index (κ1) is 13.0. The molecule has 3 fully saturated rings. The monoisotopic (exact) mass is 248 g/mol. The van der Waals surface area contributed by atoms with Crippen molar-refractivity contribution in [3.05, 3.63) is 0 Å². The van der Waals surface area contributed by atoms with E-state index < -0.39 is 0 Å². The van der Waals surface area contributed by atoms with E-state index >= 15 is 0 Å². The molecule has 0 N–H and O–H groups in total. The second-order valence-electron chi connectivity index (χ2n) is 7.55. The van der Waals surface area contributed by atoms with Crippen molar-refractivity contribution in [1.82, 2.24) is 0 Å². The van der Waals surface area contributed by atoms with Crippen LogP contribution < -0.4 is 0 Å². The molecule has 3 aliphatic rings. The summed E-state index contributed by atoms with van der Waals surface area (Å²) in [5.74, 6) is 3.32. The van der Waals surface area contributed by atoms with Gasteiger partial charge in [0.25, 0.3) is 0 Å². The zero-order valence-electron chi connectivity index (χ0n) is 12.4. The Bertz CT molecular complexity index is 229. The van der Waals surface area contributed by atoms with Crippen molar-refractivity contribution >= 4 is 0 Å². The Morgan fingerprint density at radius 3 is 1.56 bits per heavy atom. The van der Waals surface area contributed by atoms with Crippen LogP contribution in [-0.4, -0.2) is 0 Å². The van der Waals surface area contributed by atoms with E-state index in [0.29, 0.717) is 0 Å². The van der Waals surface area contributed by atoms with Gasteiger partial charge in [-0.1, -0.05) is 39.0 Å². The first-order chi connectivity index (χ1) is 8.85. The number of hydrogen-bond acceptors (Lipinski definition) is 0. The van der Waals surface area contributed by atoms with E-state index in [4.69, 9.17) is 0 Å². The fourth-order valence-corrected chi connectivity index (χ4v) is 5.77. The van der Waals surface area contributed by atoms with E-state index in [-0.39, 0.29) is 0 Å². The van der Waals surface area contributed by atoms with Crippen molar-refractivity contribution in [3.8, 4) is 0 Å². The highest BCUT2D eigenvalue weighted by Crippen LogP contribution is 2.58. The van der Waals surface area contributed by atoms with Gasteiger partial charge in [-0.25, -0.2) is 0 Å².